The lowest BCUT2D eigenvalue weighted by Gasteiger charge is -2.09. The van der Waals surface area contributed by atoms with Gasteiger partial charge in [0.05, 0.1) is 21.2 Å². The first-order valence-corrected chi connectivity index (χ1v) is 9.08. The lowest BCUT2D eigenvalue weighted by molar-refractivity contribution is -0.384. The van der Waals surface area contributed by atoms with Gasteiger partial charge in [-0.3, -0.25) is 14.9 Å². The smallest absolute Gasteiger partial charge is 0.270 e. The third-order valence-corrected chi connectivity index (χ3v) is 4.77. The standard InChI is InChI=1S/C20H13ClFN5O3/c1-11-8-18-19(25-26(24-18)13-4-2-12(22)3-5-13)10-17(11)23-20(28)15-9-14(27(29)30)6-7-16(15)21/h2-10H,1H3,(H,23,28). The van der Waals surface area contributed by atoms with Crippen LogP contribution in [0.25, 0.3) is 16.7 Å². The molecule has 0 atom stereocenters. The van der Waals surface area contributed by atoms with Gasteiger partial charge in [-0.05, 0) is 55.0 Å². The second-order valence-electron chi connectivity index (χ2n) is 6.50. The summed E-state index contributed by atoms with van der Waals surface area (Å²) in [6.07, 6.45) is 0. The third kappa shape index (κ3) is 3.70. The number of non-ortho nitro benzene ring substituents is 1. The van der Waals surface area contributed by atoms with Gasteiger partial charge in [-0.1, -0.05) is 11.6 Å². The lowest BCUT2D eigenvalue weighted by Crippen LogP contribution is -2.13. The molecule has 10 heteroatoms. The van der Waals surface area contributed by atoms with E-state index >= 15 is 0 Å². The van der Waals surface area contributed by atoms with Crippen LogP contribution >= 0.6 is 11.6 Å². The molecular weight excluding hydrogens is 413 g/mol. The number of aromatic nitrogens is 3. The van der Waals surface area contributed by atoms with Crippen LogP contribution in [0.4, 0.5) is 15.8 Å². The molecule has 0 aliphatic rings. The Morgan fingerprint density at radius 1 is 1.10 bits per heavy atom. The van der Waals surface area contributed by atoms with E-state index in [2.05, 4.69) is 15.5 Å². The summed E-state index contributed by atoms with van der Waals surface area (Å²) in [4.78, 5) is 24.4. The molecule has 3 aromatic carbocycles. The molecule has 4 rings (SSSR count). The summed E-state index contributed by atoms with van der Waals surface area (Å²) in [7, 11) is 0. The number of nitrogens with one attached hydrogen (secondary N) is 1. The van der Waals surface area contributed by atoms with Gasteiger partial charge in [-0.15, -0.1) is 10.2 Å². The van der Waals surface area contributed by atoms with Crippen molar-refractivity contribution in [1.82, 2.24) is 15.0 Å². The predicted octanol–water partition coefficient (Wildman–Crippen LogP) is 4.68. The van der Waals surface area contributed by atoms with Gasteiger partial charge in [0.1, 0.15) is 16.9 Å². The Labute approximate surface area is 174 Å². The van der Waals surface area contributed by atoms with E-state index in [1.165, 1.54) is 29.1 Å². The van der Waals surface area contributed by atoms with Crippen molar-refractivity contribution in [2.75, 3.05) is 5.32 Å². The van der Waals surface area contributed by atoms with E-state index in [1.54, 1.807) is 31.2 Å². The molecule has 0 unspecified atom stereocenters. The number of carbonyl (C=O) groups is 1. The molecule has 0 saturated carbocycles. The number of amides is 1. The number of rotatable bonds is 4. The van der Waals surface area contributed by atoms with Crippen LogP contribution in [0.2, 0.25) is 5.02 Å². The van der Waals surface area contributed by atoms with E-state index in [4.69, 9.17) is 11.6 Å². The Morgan fingerprint density at radius 2 is 1.77 bits per heavy atom. The van der Waals surface area contributed by atoms with E-state index in [0.29, 0.717) is 28.0 Å². The summed E-state index contributed by atoms with van der Waals surface area (Å²) in [5, 5.41) is 22.5. The maximum atomic E-state index is 13.1. The molecular formula is C20H13ClFN5O3. The molecule has 0 saturated heterocycles. The van der Waals surface area contributed by atoms with Gasteiger partial charge < -0.3 is 5.32 Å². The molecule has 0 aliphatic heterocycles. The van der Waals surface area contributed by atoms with Gasteiger partial charge in [0.2, 0.25) is 0 Å². The van der Waals surface area contributed by atoms with Gasteiger partial charge in [0, 0.05) is 17.8 Å². The van der Waals surface area contributed by atoms with Crippen molar-refractivity contribution >= 4 is 39.9 Å². The van der Waals surface area contributed by atoms with E-state index < -0.39 is 10.8 Å². The van der Waals surface area contributed by atoms with Crippen molar-refractivity contribution in [2.24, 2.45) is 0 Å². The van der Waals surface area contributed by atoms with Crippen molar-refractivity contribution < 1.29 is 14.1 Å². The van der Waals surface area contributed by atoms with Gasteiger partial charge in [-0.25, -0.2) is 4.39 Å². The molecule has 0 fully saturated rings. The summed E-state index contributed by atoms with van der Waals surface area (Å²) in [5.74, 6) is -0.951. The number of hydrogen-bond donors (Lipinski definition) is 1. The average molecular weight is 426 g/mol. The van der Waals surface area contributed by atoms with E-state index in [0.717, 1.165) is 6.07 Å². The Bertz CT molecular complexity index is 1300. The van der Waals surface area contributed by atoms with Crippen LogP contribution in [0, 0.1) is 22.9 Å². The maximum absolute atomic E-state index is 13.1. The number of anilines is 1. The van der Waals surface area contributed by atoms with Crippen molar-refractivity contribution in [3.8, 4) is 5.69 Å². The van der Waals surface area contributed by atoms with Gasteiger partial charge in [0.15, 0.2) is 0 Å². The molecule has 150 valence electrons. The summed E-state index contributed by atoms with van der Waals surface area (Å²) in [6.45, 7) is 1.78. The number of carbonyl (C=O) groups excluding carboxylic acids is 1. The van der Waals surface area contributed by atoms with Gasteiger partial charge in [0.25, 0.3) is 11.6 Å². The van der Waals surface area contributed by atoms with Crippen molar-refractivity contribution in [3.63, 3.8) is 0 Å². The lowest BCUT2D eigenvalue weighted by atomic mass is 10.1. The normalized spacial score (nSPS) is 10.9. The first-order valence-electron chi connectivity index (χ1n) is 8.71. The van der Waals surface area contributed by atoms with Crippen molar-refractivity contribution in [2.45, 2.75) is 6.92 Å². The Balaban J connectivity index is 1.67. The highest BCUT2D eigenvalue weighted by Gasteiger charge is 2.17. The summed E-state index contributed by atoms with van der Waals surface area (Å²) >= 11 is 6.04. The van der Waals surface area contributed by atoms with Crippen molar-refractivity contribution in [1.29, 1.82) is 0 Å². The first kappa shape index (κ1) is 19.5. The second-order valence-corrected chi connectivity index (χ2v) is 6.90. The monoisotopic (exact) mass is 425 g/mol. The zero-order chi connectivity index (χ0) is 21.4. The number of hydrogen-bond acceptors (Lipinski definition) is 5. The molecule has 4 aromatic rings. The highest BCUT2D eigenvalue weighted by Crippen LogP contribution is 2.26. The number of fused-ring (bicyclic) bond motifs is 1. The summed E-state index contributed by atoms with van der Waals surface area (Å²) < 4.78 is 13.1. The van der Waals surface area contributed by atoms with Crippen LogP contribution in [0.3, 0.4) is 0 Å². The largest absolute Gasteiger partial charge is 0.322 e. The Kier molecular flexibility index (Phi) is 4.88. The molecule has 30 heavy (non-hydrogen) atoms. The number of nitrogens with zero attached hydrogens (tertiary/aromatic N) is 4. The summed E-state index contributed by atoms with van der Waals surface area (Å²) in [6, 6.07) is 12.8. The molecule has 0 radical (unpaired) electrons. The van der Waals surface area contributed by atoms with Crippen LogP contribution in [-0.2, 0) is 0 Å². The third-order valence-electron chi connectivity index (χ3n) is 4.44. The highest BCUT2D eigenvalue weighted by molar-refractivity contribution is 6.34. The van der Waals surface area contributed by atoms with Crippen LogP contribution in [-0.4, -0.2) is 25.8 Å². The maximum Gasteiger partial charge on any atom is 0.270 e. The first-order chi connectivity index (χ1) is 14.3. The van der Waals surface area contributed by atoms with E-state index in [9.17, 15) is 19.3 Å². The molecule has 0 bridgehead atoms. The Morgan fingerprint density at radius 3 is 2.43 bits per heavy atom. The number of nitro benzene ring substituents is 1. The number of nitro groups is 1. The summed E-state index contributed by atoms with van der Waals surface area (Å²) in [5.41, 5.74) is 2.59. The average Bonchev–Trinajstić information content (AvgIpc) is 3.11. The zero-order valence-corrected chi connectivity index (χ0v) is 16.2. The van der Waals surface area contributed by atoms with Crippen LogP contribution in [0.5, 0.6) is 0 Å². The molecule has 1 heterocycles. The fourth-order valence-electron chi connectivity index (χ4n) is 2.88. The SMILES string of the molecule is Cc1cc2nn(-c3ccc(F)cc3)nc2cc1NC(=O)c1cc([N+](=O)[O-])ccc1Cl. The number of aryl methyl sites for hydroxylation is 1. The minimum absolute atomic E-state index is 0.0136. The zero-order valence-electron chi connectivity index (χ0n) is 15.5. The molecule has 1 N–H and O–H groups in total. The van der Waals surface area contributed by atoms with Gasteiger partial charge in [-0.2, -0.15) is 4.80 Å². The molecule has 0 aliphatic carbocycles. The fourth-order valence-corrected chi connectivity index (χ4v) is 3.09. The predicted molar refractivity (Wildman–Crippen MR) is 110 cm³/mol. The van der Waals surface area contributed by atoms with E-state index in [1.807, 2.05) is 0 Å². The molecule has 8 nitrogen and oxygen atoms in total. The topological polar surface area (TPSA) is 103 Å². The molecule has 0 spiro atoms. The number of halogens is 2. The molecule has 1 aromatic heterocycles. The quantitative estimate of drug-likeness (QED) is 0.377. The van der Waals surface area contributed by atoms with Crippen LogP contribution < -0.4 is 5.32 Å². The van der Waals surface area contributed by atoms with Crippen LogP contribution in [0.1, 0.15) is 15.9 Å². The highest BCUT2D eigenvalue weighted by atomic mass is 35.5. The van der Waals surface area contributed by atoms with Gasteiger partial charge >= 0.3 is 0 Å². The minimum atomic E-state index is -0.599. The second kappa shape index (κ2) is 7.53. The van der Waals surface area contributed by atoms with Crippen molar-refractivity contribution in [3.05, 3.63) is 86.7 Å². The number of benzene rings is 3. The Hall–Kier alpha value is -3.85. The fraction of sp³-hybridized carbons (Fsp3) is 0.0500. The minimum Gasteiger partial charge on any atom is -0.322 e. The molecule has 1 amide bonds. The van der Waals surface area contributed by atoms with Crippen LogP contribution in [0.15, 0.2) is 54.6 Å². The van der Waals surface area contributed by atoms with E-state index in [-0.39, 0.29) is 22.1 Å².